The third kappa shape index (κ3) is 3.61. The van der Waals surface area contributed by atoms with Gasteiger partial charge in [0.25, 0.3) is 0 Å². The Kier molecular flexibility index (Phi) is 5.18. The van der Waals surface area contributed by atoms with Crippen LogP contribution in [0.5, 0.6) is 0 Å². The summed E-state index contributed by atoms with van der Waals surface area (Å²) in [4.78, 5) is 4.56. The second-order valence-electron chi connectivity index (χ2n) is 4.84. The van der Waals surface area contributed by atoms with Crippen molar-refractivity contribution in [3.63, 3.8) is 0 Å². The molecule has 0 aliphatic heterocycles. The topological polar surface area (TPSA) is 39.1 Å². The van der Waals surface area contributed by atoms with Gasteiger partial charge in [0.1, 0.15) is 0 Å². The van der Waals surface area contributed by atoms with Gasteiger partial charge in [-0.05, 0) is 38.8 Å². The van der Waals surface area contributed by atoms with E-state index >= 15 is 0 Å². The Balaban J connectivity index is 2.09. The van der Waals surface area contributed by atoms with Crippen LogP contribution in [0.4, 0.5) is 5.95 Å². The molecule has 1 heterocycles. The first kappa shape index (κ1) is 14.6. The smallest absolute Gasteiger partial charge is 0.207 e. The predicted molar refractivity (Wildman–Crippen MR) is 82.6 cm³/mol. The van der Waals surface area contributed by atoms with Gasteiger partial charge in [0.05, 0.1) is 11.4 Å². The summed E-state index contributed by atoms with van der Waals surface area (Å²) in [6.07, 6.45) is 3.04. The molecule has 0 spiro atoms. The minimum Gasteiger partial charge on any atom is -0.382 e. The lowest BCUT2D eigenvalue weighted by Crippen LogP contribution is -2.10. The number of imidazole rings is 1. The molecule has 0 saturated heterocycles. The number of para-hydroxylation sites is 1. The maximum atomic E-state index is 5.34. The molecule has 0 aliphatic carbocycles. The number of aryl methyl sites for hydroxylation is 2. The van der Waals surface area contributed by atoms with Crippen molar-refractivity contribution < 1.29 is 4.74 Å². The van der Waals surface area contributed by atoms with E-state index < -0.39 is 0 Å². The van der Waals surface area contributed by atoms with Gasteiger partial charge in [-0.25, -0.2) is 4.98 Å². The van der Waals surface area contributed by atoms with Gasteiger partial charge in [-0.2, -0.15) is 0 Å². The zero-order valence-corrected chi connectivity index (χ0v) is 12.5. The number of ether oxygens (including phenoxy) is 1. The average Bonchev–Trinajstić information content (AvgIpc) is 2.80. The van der Waals surface area contributed by atoms with Gasteiger partial charge in [-0.1, -0.05) is 18.2 Å². The van der Waals surface area contributed by atoms with Crippen LogP contribution in [0.1, 0.15) is 24.6 Å². The first-order chi connectivity index (χ1) is 9.72. The fourth-order valence-electron chi connectivity index (χ4n) is 2.16. The number of aromatic nitrogens is 2. The van der Waals surface area contributed by atoms with Crippen molar-refractivity contribution in [2.75, 3.05) is 25.1 Å². The van der Waals surface area contributed by atoms with Crippen LogP contribution >= 0.6 is 0 Å². The normalized spacial score (nSPS) is 10.8. The minimum absolute atomic E-state index is 0.775. The summed E-state index contributed by atoms with van der Waals surface area (Å²) < 4.78 is 7.46. The Morgan fingerprint density at radius 3 is 2.80 bits per heavy atom. The molecule has 0 aliphatic rings. The minimum atomic E-state index is 0.775. The van der Waals surface area contributed by atoms with Crippen LogP contribution in [0.25, 0.3) is 5.69 Å². The Bertz CT molecular complexity index is 548. The number of nitrogens with zero attached hydrogens (tertiary/aromatic N) is 2. The summed E-state index contributed by atoms with van der Waals surface area (Å²) in [5.41, 5.74) is 3.42. The van der Waals surface area contributed by atoms with E-state index in [2.05, 4.69) is 52.3 Å². The molecule has 108 valence electrons. The lowest BCUT2D eigenvalue weighted by atomic mass is 10.2. The second kappa shape index (κ2) is 7.10. The van der Waals surface area contributed by atoms with E-state index in [0.29, 0.717) is 0 Å². The van der Waals surface area contributed by atoms with E-state index in [1.165, 1.54) is 11.3 Å². The molecule has 20 heavy (non-hydrogen) atoms. The first-order valence-electron chi connectivity index (χ1n) is 7.16. The number of nitrogens with one attached hydrogen (secondary N) is 1. The second-order valence-corrected chi connectivity index (χ2v) is 4.84. The van der Waals surface area contributed by atoms with Crippen LogP contribution < -0.4 is 5.32 Å². The molecule has 0 radical (unpaired) electrons. The molecule has 4 heteroatoms. The zero-order valence-electron chi connectivity index (χ0n) is 12.5. The third-order valence-electron chi connectivity index (χ3n) is 3.15. The Morgan fingerprint density at radius 1 is 1.25 bits per heavy atom. The summed E-state index contributed by atoms with van der Waals surface area (Å²) in [6.45, 7) is 8.57. The van der Waals surface area contributed by atoms with Crippen LogP contribution in [0.3, 0.4) is 0 Å². The van der Waals surface area contributed by atoms with Crippen LogP contribution in [0.15, 0.2) is 30.5 Å². The molecule has 0 saturated carbocycles. The molecule has 4 nitrogen and oxygen atoms in total. The Hall–Kier alpha value is -1.81. The van der Waals surface area contributed by atoms with Gasteiger partial charge < -0.3 is 10.1 Å². The maximum Gasteiger partial charge on any atom is 0.207 e. The molecule has 1 aromatic heterocycles. The van der Waals surface area contributed by atoms with E-state index in [9.17, 15) is 0 Å². The molecule has 0 atom stereocenters. The highest BCUT2D eigenvalue weighted by atomic mass is 16.5. The van der Waals surface area contributed by atoms with Crippen LogP contribution in [-0.4, -0.2) is 29.3 Å². The van der Waals surface area contributed by atoms with Crippen molar-refractivity contribution in [1.82, 2.24) is 9.55 Å². The van der Waals surface area contributed by atoms with Crippen molar-refractivity contribution >= 4 is 5.95 Å². The van der Waals surface area contributed by atoms with E-state index in [1.54, 1.807) is 0 Å². The molecule has 1 N–H and O–H groups in total. The molecular formula is C16H23N3O. The monoisotopic (exact) mass is 273 g/mol. The number of anilines is 1. The van der Waals surface area contributed by atoms with E-state index in [-0.39, 0.29) is 0 Å². The molecular weight excluding hydrogens is 250 g/mol. The van der Waals surface area contributed by atoms with Gasteiger partial charge in [-0.15, -0.1) is 0 Å². The van der Waals surface area contributed by atoms with Crippen molar-refractivity contribution in [2.24, 2.45) is 0 Å². The Morgan fingerprint density at radius 2 is 2.05 bits per heavy atom. The van der Waals surface area contributed by atoms with Gasteiger partial charge in [-0.3, -0.25) is 4.57 Å². The molecule has 0 fully saturated rings. The summed E-state index contributed by atoms with van der Waals surface area (Å²) in [5.74, 6) is 0.897. The lowest BCUT2D eigenvalue weighted by Gasteiger charge is -2.11. The molecule has 2 rings (SSSR count). The van der Waals surface area contributed by atoms with Crippen LogP contribution in [-0.2, 0) is 4.74 Å². The van der Waals surface area contributed by atoms with Crippen molar-refractivity contribution in [3.05, 3.63) is 41.7 Å². The van der Waals surface area contributed by atoms with Gasteiger partial charge in [0, 0.05) is 26.0 Å². The number of hydrogen-bond donors (Lipinski definition) is 1. The third-order valence-corrected chi connectivity index (χ3v) is 3.15. The quantitative estimate of drug-likeness (QED) is 0.786. The van der Waals surface area contributed by atoms with Gasteiger partial charge in [0.15, 0.2) is 0 Å². The van der Waals surface area contributed by atoms with Crippen molar-refractivity contribution in [1.29, 1.82) is 0 Å². The molecule has 0 unspecified atom stereocenters. The fraction of sp³-hybridized carbons (Fsp3) is 0.438. The highest BCUT2D eigenvalue weighted by Gasteiger charge is 2.08. The summed E-state index contributed by atoms with van der Waals surface area (Å²) >= 11 is 0. The molecule has 0 bridgehead atoms. The van der Waals surface area contributed by atoms with E-state index in [1.807, 2.05) is 13.8 Å². The first-order valence-corrected chi connectivity index (χ1v) is 7.16. The van der Waals surface area contributed by atoms with E-state index in [4.69, 9.17) is 4.74 Å². The molecule has 1 aromatic carbocycles. The molecule has 0 amide bonds. The maximum absolute atomic E-state index is 5.34. The number of benzene rings is 1. The SMILES string of the molecule is CCOCCCNc1nc(C)cn1-c1ccccc1C. The van der Waals surface area contributed by atoms with E-state index in [0.717, 1.165) is 37.8 Å². The van der Waals surface area contributed by atoms with Crippen LogP contribution in [0, 0.1) is 13.8 Å². The van der Waals surface area contributed by atoms with Crippen LogP contribution in [0.2, 0.25) is 0 Å². The predicted octanol–water partition coefficient (Wildman–Crippen LogP) is 3.33. The summed E-state index contributed by atoms with van der Waals surface area (Å²) in [6, 6.07) is 8.33. The van der Waals surface area contributed by atoms with Gasteiger partial charge >= 0.3 is 0 Å². The zero-order chi connectivity index (χ0) is 14.4. The van der Waals surface area contributed by atoms with Crippen molar-refractivity contribution in [2.45, 2.75) is 27.2 Å². The summed E-state index contributed by atoms with van der Waals surface area (Å²) in [5, 5.41) is 3.39. The fourth-order valence-corrected chi connectivity index (χ4v) is 2.16. The van der Waals surface area contributed by atoms with Gasteiger partial charge in [0.2, 0.25) is 5.95 Å². The number of hydrogen-bond acceptors (Lipinski definition) is 3. The highest BCUT2D eigenvalue weighted by Crippen LogP contribution is 2.19. The summed E-state index contributed by atoms with van der Waals surface area (Å²) in [7, 11) is 0. The molecule has 2 aromatic rings. The Labute approximate surface area is 120 Å². The standard InChI is InChI=1S/C16H23N3O/c1-4-20-11-7-10-17-16-18-14(3)12-19(16)15-9-6-5-8-13(15)2/h5-6,8-9,12H,4,7,10-11H2,1-3H3,(H,17,18). The average molecular weight is 273 g/mol. The largest absolute Gasteiger partial charge is 0.382 e. The lowest BCUT2D eigenvalue weighted by molar-refractivity contribution is 0.147. The number of rotatable bonds is 7. The highest BCUT2D eigenvalue weighted by molar-refractivity contribution is 5.47. The van der Waals surface area contributed by atoms with Crippen molar-refractivity contribution in [3.8, 4) is 5.69 Å².